The molecule has 2 saturated heterocycles. The van der Waals surface area contributed by atoms with E-state index in [0.29, 0.717) is 0 Å². The molecule has 16 nitrogen and oxygen atoms in total. The van der Waals surface area contributed by atoms with Crippen LogP contribution in [0.15, 0.2) is 0 Å². The van der Waals surface area contributed by atoms with Crippen molar-refractivity contribution >= 4 is 66.8 Å². The van der Waals surface area contributed by atoms with Gasteiger partial charge in [-0.15, -0.1) is 0 Å². The van der Waals surface area contributed by atoms with Gasteiger partial charge in [0.2, 0.25) is 23.6 Å². The topological polar surface area (TPSA) is 223 Å². The summed E-state index contributed by atoms with van der Waals surface area (Å²) in [6.45, 7) is 1.96. The van der Waals surface area contributed by atoms with Crippen molar-refractivity contribution < 1.29 is 61.3 Å². The van der Waals surface area contributed by atoms with Crippen molar-refractivity contribution in [3.8, 4) is 0 Å². The quantitative estimate of drug-likeness (QED) is 0.0860. The second-order valence-electron chi connectivity index (χ2n) is 9.29. The minimum absolute atomic E-state index is 0.0541. The Morgan fingerprint density at radius 1 is 0.767 bits per heavy atom. The third-order valence-corrected chi connectivity index (χ3v) is 7.11. The maximum absolute atomic E-state index is 12.6. The highest BCUT2D eigenvalue weighted by molar-refractivity contribution is 7.80. The number of alkyl halides is 3. The monoisotopic (exact) mass is 662 g/mol. The zero-order chi connectivity index (χ0) is 33.2. The predicted octanol–water partition coefficient (Wildman–Crippen LogP) is -2.75. The Hall–Kier alpha value is -2.98. The molecule has 0 aromatic heterocycles. The van der Waals surface area contributed by atoms with Crippen LogP contribution in [0.2, 0.25) is 0 Å². The molecule has 4 atom stereocenters. The van der Waals surface area contributed by atoms with Gasteiger partial charge >= 0.3 is 24.1 Å². The summed E-state index contributed by atoms with van der Waals surface area (Å²) >= 11 is 7.79. The van der Waals surface area contributed by atoms with Gasteiger partial charge in [0.05, 0.1) is 26.2 Å². The smallest absolute Gasteiger partial charge is 0.475 e. The molecule has 4 amide bonds. The van der Waals surface area contributed by atoms with Crippen molar-refractivity contribution in [3.05, 3.63) is 0 Å². The summed E-state index contributed by atoms with van der Waals surface area (Å²) in [6, 6.07) is -2.72. The van der Waals surface area contributed by atoms with Crippen LogP contribution in [-0.2, 0) is 43.0 Å². The average molecular weight is 663 g/mol. The van der Waals surface area contributed by atoms with E-state index in [1.54, 1.807) is 23.6 Å². The summed E-state index contributed by atoms with van der Waals surface area (Å²) in [5.74, 6) is -6.44. The third-order valence-electron chi connectivity index (χ3n) is 6.32. The molecule has 2 aliphatic rings. The number of aliphatic carboxylic acids is 1. The summed E-state index contributed by atoms with van der Waals surface area (Å²) in [5, 5.41) is 7.12. The fourth-order valence-corrected chi connectivity index (χ4v) is 3.82. The van der Waals surface area contributed by atoms with Gasteiger partial charge in [-0.3, -0.25) is 38.6 Å². The molecule has 0 aliphatic carbocycles. The van der Waals surface area contributed by atoms with Crippen molar-refractivity contribution in [3.63, 3.8) is 0 Å². The molecule has 2 rings (SSSR count). The van der Waals surface area contributed by atoms with Gasteiger partial charge in [-0.25, -0.2) is 14.6 Å². The maximum atomic E-state index is 12.6. The summed E-state index contributed by atoms with van der Waals surface area (Å²) < 4.78 is 41.6. The van der Waals surface area contributed by atoms with Crippen LogP contribution in [0.4, 0.5) is 13.2 Å². The van der Waals surface area contributed by atoms with Crippen LogP contribution in [0.3, 0.4) is 0 Å². The summed E-state index contributed by atoms with van der Waals surface area (Å²) in [4.78, 5) is 87.5. The first kappa shape index (κ1) is 38.0. The molecule has 244 valence electrons. The number of ether oxygens (including phenoxy) is 2. The minimum Gasteiger partial charge on any atom is -0.475 e. The normalized spacial score (nSPS) is 19.7. The molecule has 0 saturated carbocycles. The minimum atomic E-state index is -5.08. The van der Waals surface area contributed by atoms with Crippen molar-refractivity contribution in [2.24, 2.45) is 11.5 Å². The molecule has 2 aliphatic heterocycles. The van der Waals surface area contributed by atoms with Crippen LogP contribution in [-0.4, -0.2) is 148 Å². The van der Waals surface area contributed by atoms with Gasteiger partial charge in [0.15, 0.2) is 13.5 Å². The average Bonchev–Trinajstić information content (AvgIpc) is 2.93. The Labute approximate surface area is 254 Å². The Morgan fingerprint density at radius 2 is 1.02 bits per heavy atom. The Bertz CT molecular complexity index is 979. The molecule has 2 heterocycles. The van der Waals surface area contributed by atoms with Gasteiger partial charge in [-0.2, -0.15) is 38.4 Å². The maximum Gasteiger partial charge on any atom is 0.490 e. The second kappa shape index (κ2) is 16.8. The molecule has 2 fully saturated rings. The van der Waals surface area contributed by atoms with E-state index in [1.807, 2.05) is 0 Å². The van der Waals surface area contributed by atoms with E-state index in [0.717, 1.165) is 9.80 Å². The number of hydrogen-bond acceptors (Lipinski definition) is 15. The van der Waals surface area contributed by atoms with E-state index < -0.39 is 85.3 Å². The number of carbonyl (C=O) groups excluding carboxylic acids is 6. The van der Waals surface area contributed by atoms with Crippen LogP contribution < -0.4 is 11.5 Å². The lowest BCUT2D eigenvalue weighted by Crippen LogP contribution is -2.63. The lowest BCUT2D eigenvalue weighted by Gasteiger charge is -2.43. The zero-order valence-electron chi connectivity index (χ0n) is 23.1. The van der Waals surface area contributed by atoms with Gasteiger partial charge in [0.25, 0.3) is 0 Å². The number of hydrogen-bond donors (Lipinski definition) is 5. The number of halogens is 3. The summed E-state index contributed by atoms with van der Waals surface area (Å²) in [6.07, 6.45) is -5.08. The molecule has 0 radical (unpaired) electrons. The number of nitrogens with zero attached hydrogens (tertiary/aromatic N) is 4. The number of esters is 2. The predicted molar refractivity (Wildman–Crippen MR) is 145 cm³/mol. The molecule has 0 aromatic carbocycles. The largest absolute Gasteiger partial charge is 0.490 e. The van der Waals surface area contributed by atoms with Gasteiger partial charge < -0.3 is 26.0 Å². The fraction of sp³-hybridized carbons (Fsp3) is 0.682. The second-order valence-corrected chi connectivity index (χ2v) is 10.0. The Morgan fingerprint density at radius 3 is 1.23 bits per heavy atom. The van der Waals surface area contributed by atoms with Crippen LogP contribution >= 0.6 is 25.3 Å². The van der Waals surface area contributed by atoms with Gasteiger partial charge in [-0.05, 0) is 13.8 Å². The number of carbonyl (C=O) groups is 7. The first-order valence-electron chi connectivity index (χ1n) is 12.4. The molecule has 21 heteroatoms. The first-order valence-corrected chi connectivity index (χ1v) is 13.6. The van der Waals surface area contributed by atoms with E-state index in [2.05, 4.69) is 25.3 Å². The van der Waals surface area contributed by atoms with Gasteiger partial charge in [0.1, 0.15) is 12.1 Å². The van der Waals surface area contributed by atoms with E-state index in [4.69, 9.17) is 30.8 Å². The third kappa shape index (κ3) is 11.2. The number of carboxylic acids is 1. The first-order chi connectivity index (χ1) is 19.8. The zero-order valence-corrected chi connectivity index (χ0v) is 24.8. The lowest BCUT2D eigenvalue weighted by atomic mass is 10.1. The Balaban J connectivity index is 0.00000117. The fourth-order valence-electron chi connectivity index (χ4n) is 3.52. The highest BCUT2D eigenvalue weighted by Gasteiger charge is 2.40. The van der Waals surface area contributed by atoms with Crippen LogP contribution in [0.5, 0.6) is 0 Å². The molecular formula is C22H33F3N6O10S2. The number of imide groups is 2. The van der Waals surface area contributed by atoms with Crippen LogP contribution in [0.25, 0.3) is 0 Å². The molecule has 0 bridgehead atoms. The van der Waals surface area contributed by atoms with Gasteiger partial charge in [-0.1, -0.05) is 0 Å². The van der Waals surface area contributed by atoms with E-state index in [1.165, 1.54) is 0 Å². The highest BCUT2D eigenvalue weighted by Crippen LogP contribution is 2.18. The molecule has 0 aromatic rings. The van der Waals surface area contributed by atoms with Crippen molar-refractivity contribution in [1.29, 1.82) is 0 Å². The number of carboxylic acid groups (broad SMARTS) is 1. The molecule has 5 N–H and O–H groups in total. The molecule has 0 spiro atoms. The number of rotatable bonds is 11. The van der Waals surface area contributed by atoms with Crippen LogP contribution in [0, 0.1) is 0 Å². The van der Waals surface area contributed by atoms with Crippen molar-refractivity contribution in [2.75, 3.05) is 51.1 Å². The standard InChI is InChI=1S/C20H32N6O8S2.C2HF3O2/c1-11(23-3-15(27)25(16(28)4-23)9-33-19(31)13(21)7-35)12(2)24-5-17(29)26(18(30)6-24)10-34-20(32)14(22)8-36;3-2(4,5)1(6)7/h11-14,35-36H,3-10,21-22H2,1-2H3;(H,6,7)/t11-,12+,13-,14-;/m1./s1. The Kier molecular flexibility index (Phi) is 14.8. The highest BCUT2D eigenvalue weighted by atomic mass is 32.1. The molecular weight excluding hydrogens is 629 g/mol. The summed E-state index contributed by atoms with van der Waals surface area (Å²) in [7, 11) is 0. The molecule has 43 heavy (non-hydrogen) atoms. The van der Waals surface area contributed by atoms with E-state index in [-0.39, 0.29) is 37.7 Å². The number of amides is 4. The van der Waals surface area contributed by atoms with Gasteiger partial charge in [0, 0.05) is 23.6 Å². The number of thiol groups is 2. The van der Waals surface area contributed by atoms with Crippen molar-refractivity contribution in [1.82, 2.24) is 19.6 Å². The summed E-state index contributed by atoms with van der Waals surface area (Å²) in [5.41, 5.74) is 11.0. The molecule has 0 unspecified atom stereocenters. The lowest BCUT2D eigenvalue weighted by molar-refractivity contribution is -0.192. The van der Waals surface area contributed by atoms with E-state index >= 15 is 0 Å². The number of piperazine rings is 2. The van der Waals surface area contributed by atoms with Crippen LogP contribution in [0.1, 0.15) is 13.8 Å². The van der Waals surface area contributed by atoms with Crippen molar-refractivity contribution in [2.45, 2.75) is 44.2 Å². The van der Waals surface area contributed by atoms with E-state index in [9.17, 15) is 41.9 Å². The number of nitrogens with two attached hydrogens (primary N) is 2. The SMILES string of the molecule is C[C@H]([C@H](C)N1CC(=O)N(COC(=O)[C@H](N)CS)C(=O)C1)N1CC(=O)N(COC(=O)[C@H](N)CS)C(=O)C1.O=C(O)C(F)(F)F.